The molecule has 0 radical (unpaired) electrons. The average molecular weight is 269 g/mol. The van der Waals surface area contributed by atoms with Crippen LogP contribution in [0.25, 0.3) is 10.9 Å². The normalized spacial score (nSPS) is 15.1. The smallest absolute Gasteiger partial charge is 0.246 e. The van der Waals surface area contributed by atoms with E-state index in [1.807, 2.05) is 35.0 Å². The summed E-state index contributed by atoms with van der Waals surface area (Å²) in [6, 6.07) is 8.01. The molecule has 1 aromatic carbocycles. The van der Waals surface area contributed by atoms with E-state index < -0.39 is 0 Å². The van der Waals surface area contributed by atoms with Gasteiger partial charge < -0.3 is 14.2 Å². The maximum atomic E-state index is 9.44. The van der Waals surface area contributed by atoms with Gasteiger partial charge in [0.1, 0.15) is 6.54 Å². The van der Waals surface area contributed by atoms with Crippen LogP contribution in [0.5, 0.6) is 0 Å². The zero-order valence-corrected chi connectivity index (χ0v) is 11.0. The maximum absolute atomic E-state index is 9.44. The molecule has 0 aliphatic heterocycles. The van der Waals surface area contributed by atoms with Crippen LogP contribution in [0, 0.1) is 0 Å². The summed E-state index contributed by atoms with van der Waals surface area (Å²) in [5, 5.41) is 14.5. The maximum Gasteiger partial charge on any atom is 0.246 e. The Morgan fingerprint density at radius 1 is 1.30 bits per heavy atom. The molecule has 0 amide bonds. The first-order valence-corrected chi connectivity index (χ1v) is 6.85. The standard InChI is InChI=1S/C15H15N3O2/c19-9-11-7-18(13-4-2-1-3-12(11)13)8-14-16-15(17-20-14)10-5-6-10/h1-4,7,10,19H,5-6,8-9H2. The van der Waals surface area contributed by atoms with Crippen molar-refractivity contribution in [2.45, 2.75) is 31.9 Å². The third-order valence-corrected chi connectivity index (χ3v) is 3.77. The molecule has 2 aromatic heterocycles. The van der Waals surface area contributed by atoms with Crippen LogP contribution in [0.3, 0.4) is 0 Å². The molecule has 102 valence electrons. The van der Waals surface area contributed by atoms with Crippen LogP contribution in [-0.2, 0) is 13.2 Å². The van der Waals surface area contributed by atoms with Gasteiger partial charge in [-0.25, -0.2) is 0 Å². The number of hydrogen-bond donors (Lipinski definition) is 1. The average Bonchev–Trinajstić information content (AvgIpc) is 3.13. The Kier molecular flexibility index (Phi) is 2.60. The summed E-state index contributed by atoms with van der Waals surface area (Å²) < 4.78 is 7.36. The minimum atomic E-state index is 0.0324. The topological polar surface area (TPSA) is 64.1 Å². The molecule has 5 heteroatoms. The van der Waals surface area contributed by atoms with Gasteiger partial charge in [-0.05, 0) is 18.9 Å². The molecule has 2 heterocycles. The van der Waals surface area contributed by atoms with Crippen LogP contribution in [0.4, 0.5) is 0 Å². The predicted molar refractivity (Wildman–Crippen MR) is 73.2 cm³/mol. The van der Waals surface area contributed by atoms with E-state index in [0.29, 0.717) is 18.4 Å². The molecule has 1 aliphatic rings. The zero-order chi connectivity index (χ0) is 13.5. The van der Waals surface area contributed by atoms with Gasteiger partial charge in [-0.15, -0.1) is 0 Å². The highest BCUT2D eigenvalue weighted by Gasteiger charge is 2.28. The molecule has 0 saturated heterocycles. The van der Waals surface area contributed by atoms with E-state index in [1.165, 1.54) is 12.8 Å². The second kappa shape index (κ2) is 4.45. The molecule has 0 spiro atoms. The van der Waals surface area contributed by atoms with E-state index in [-0.39, 0.29) is 6.61 Å². The molecule has 4 rings (SSSR count). The monoisotopic (exact) mass is 269 g/mol. The molecule has 1 fully saturated rings. The largest absolute Gasteiger partial charge is 0.392 e. The second-order valence-electron chi connectivity index (χ2n) is 5.28. The van der Waals surface area contributed by atoms with Crippen molar-refractivity contribution in [3.05, 3.63) is 47.7 Å². The lowest BCUT2D eigenvalue weighted by Gasteiger charge is -2.00. The first-order valence-electron chi connectivity index (χ1n) is 6.85. The van der Waals surface area contributed by atoms with Crippen LogP contribution < -0.4 is 0 Å². The molecule has 1 saturated carbocycles. The van der Waals surface area contributed by atoms with Crippen LogP contribution in [-0.4, -0.2) is 19.8 Å². The van der Waals surface area contributed by atoms with Gasteiger partial charge in [-0.2, -0.15) is 4.98 Å². The summed E-state index contributed by atoms with van der Waals surface area (Å²) in [5.74, 6) is 1.96. The fraction of sp³-hybridized carbons (Fsp3) is 0.333. The van der Waals surface area contributed by atoms with Crippen molar-refractivity contribution in [2.24, 2.45) is 0 Å². The number of nitrogens with zero attached hydrogens (tertiary/aromatic N) is 3. The quantitative estimate of drug-likeness (QED) is 0.790. The van der Waals surface area contributed by atoms with Crippen LogP contribution >= 0.6 is 0 Å². The Bertz CT molecular complexity index is 755. The van der Waals surface area contributed by atoms with Crippen molar-refractivity contribution in [1.82, 2.24) is 14.7 Å². The highest BCUT2D eigenvalue weighted by molar-refractivity contribution is 5.83. The highest BCUT2D eigenvalue weighted by Crippen LogP contribution is 2.38. The lowest BCUT2D eigenvalue weighted by molar-refractivity contribution is 0.283. The van der Waals surface area contributed by atoms with Gasteiger partial charge in [0.05, 0.1) is 6.61 Å². The Labute approximate surface area is 115 Å². The number of benzene rings is 1. The van der Waals surface area contributed by atoms with Crippen molar-refractivity contribution in [3.8, 4) is 0 Å². The first-order chi connectivity index (χ1) is 9.85. The van der Waals surface area contributed by atoms with Crippen molar-refractivity contribution in [1.29, 1.82) is 0 Å². The van der Waals surface area contributed by atoms with Gasteiger partial charge in [-0.1, -0.05) is 23.4 Å². The van der Waals surface area contributed by atoms with Gasteiger partial charge >= 0.3 is 0 Å². The molecule has 0 unspecified atom stereocenters. The van der Waals surface area contributed by atoms with Crippen molar-refractivity contribution < 1.29 is 9.63 Å². The molecule has 0 atom stereocenters. The van der Waals surface area contributed by atoms with E-state index >= 15 is 0 Å². The number of fused-ring (bicyclic) bond motifs is 1. The third-order valence-electron chi connectivity index (χ3n) is 3.77. The Balaban J connectivity index is 1.70. The molecule has 0 bridgehead atoms. The summed E-state index contributed by atoms with van der Waals surface area (Å²) >= 11 is 0. The molecular formula is C15H15N3O2. The summed E-state index contributed by atoms with van der Waals surface area (Å²) in [5.41, 5.74) is 1.99. The van der Waals surface area contributed by atoms with Crippen LogP contribution in [0.1, 0.15) is 36.0 Å². The van der Waals surface area contributed by atoms with Gasteiger partial charge in [0.15, 0.2) is 5.82 Å². The fourth-order valence-electron chi connectivity index (χ4n) is 2.56. The Hall–Kier alpha value is -2.14. The van der Waals surface area contributed by atoms with Crippen molar-refractivity contribution in [2.75, 3.05) is 0 Å². The fourth-order valence-corrected chi connectivity index (χ4v) is 2.56. The van der Waals surface area contributed by atoms with Crippen molar-refractivity contribution in [3.63, 3.8) is 0 Å². The summed E-state index contributed by atoms with van der Waals surface area (Å²) in [6.07, 6.45) is 4.28. The van der Waals surface area contributed by atoms with E-state index in [0.717, 1.165) is 22.3 Å². The second-order valence-corrected chi connectivity index (χ2v) is 5.28. The summed E-state index contributed by atoms with van der Waals surface area (Å²) in [4.78, 5) is 4.45. The van der Waals surface area contributed by atoms with Crippen LogP contribution in [0.15, 0.2) is 35.0 Å². The molecule has 1 aliphatic carbocycles. The number of aromatic nitrogens is 3. The minimum Gasteiger partial charge on any atom is -0.392 e. The molecule has 3 aromatic rings. The first kappa shape index (κ1) is 11.7. The van der Waals surface area contributed by atoms with Gasteiger partial charge in [0.2, 0.25) is 5.89 Å². The highest BCUT2D eigenvalue weighted by atomic mass is 16.5. The zero-order valence-electron chi connectivity index (χ0n) is 11.0. The van der Waals surface area contributed by atoms with Gasteiger partial charge in [0.25, 0.3) is 0 Å². The summed E-state index contributed by atoms with van der Waals surface area (Å²) in [6.45, 7) is 0.574. The number of aliphatic hydroxyl groups excluding tert-OH is 1. The van der Waals surface area contributed by atoms with E-state index in [4.69, 9.17) is 4.52 Å². The number of para-hydroxylation sites is 1. The number of hydrogen-bond acceptors (Lipinski definition) is 4. The Morgan fingerprint density at radius 2 is 2.15 bits per heavy atom. The lowest BCUT2D eigenvalue weighted by Crippen LogP contribution is -1.98. The van der Waals surface area contributed by atoms with E-state index in [2.05, 4.69) is 10.1 Å². The minimum absolute atomic E-state index is 0.0324. The predicted octanol–water partition coefficient (Wildman–Crippen LogP) is 2.44. The van der Waals surface area contributed by atoms with Gasteiger partial charge in [-0.3, -0.25) is 0 Å². The van der Waals surface area contributed by atoms with E-state index in [1.54, 1.807) is 0 Å². The molecule has 1 N–H and O–H groups in total. The number of rotatable bonds is 4. The van der Waals surface area contributed by atoms with Crippen LogP contribution in [0.2, 0.25) is 0 Å². The van der Waals surface area contributed by atoms with E-state index in [9.17, 15) is 5.11 Å². The SMILES string of the molecule is OCc1cn(Cc2nc(C3CC3)no2)c2ccccc12. The number of aliphatic hydroxyl groups is 1. The Morgan fingerprint density at radius 3 is 2.95 bits per heavy atom. The summed E-state index contributed by atoms with van der Waals surface area (Å²) in [7, 11) is 0. The molecule has 5 nitrogen and oxygen atoms in total. The lowest BCUT2D eigenvalue weighted by atomic mass is 10.2. The van der Waals surface area contributed by atoms with Gasteiger partial charge in [0, 0.05) is 28.6 Å². The molecule has 20 heavy (non-hydrogen) atoms. The molecular weight excluding hydrogens is 254 g/mol. The third kappa shape index (κ3) is 1.91. The van der Waals surface area contributed by atoms with Crippen molar-refractivity contribution >= 4 is 10.9 Å².